The number of carbonyl (C=O) groups excluding carboxylic acids is 1. The molecule has 0 saturated carbocycles. The van der Waals surface area contributed by atoms with E-state index in [1.807, 2.05) is 17.5 Å². The second-order valence-electron chi connectivity index (χ2n) is 5.85. The Balaban J connectivity index is 1.30. The molecule has 0 atom stereocenters. The second kappa shape index (κ2) is 8.70. The summed E-state index contributed by atoms with van der Waals surface area (Å²) in [6, 6.07) is 14.5. The van der Waals surface area contributed by atoms with Gasteiger partial charge in [-0.15, -0.1) is 11.3 Å². The average Bonchev–Trinajstić information content (AvgIpc) is 3.15. The molecule has 0 spiro atoms. The molecule has 2 heterocycles. The Morgan fingerprint density at radius 3 is 2.50 bits per heavy atom. The zero-order valence-corrected chi connectivity index (χ0v) is 14.6. The minimum absolute atomic E-state index is 0.0914. The lowest BCUT2D eigenvalue weighted by atomic mass is 10.2. The van der Waals surface area contributed by atoms with Gasteiger partial charge in [0.25, 0.3) is 0 Å². The fourth-order valence-electron chi connectivity index (χ4n) is 2.84. The molecule has 3 rings (SSSR count). The van der Waals surface area contributed by atoms with Gasteiger partial charge in [-0.1, -0.05) is 24.3 Å². The van der Waals surface area contributed by atoms with Crippen molar-refractivity contribution in [3.63, 3.8) is 0 Å². The number of hydrogen-bond acceptors (Lipinski definition) is 4. The lowest BCUT2D eigenvalue weighted by Crippen LogP contribution is -2.49. The van der Waals surface area contributed by atoms with Gasteiger partial charge in [0.15, 0.2) is 0 Å². The molecule has 6 heteroatoms. The molecule has 1 aromatic carbocycles. The summed E-state index contributed by atoms with van der Waals surface area (Å²) in [5.74, 6) is 0. The summed E-state index contributed by atoms with van der Waals surface area (Å²) < 4.78 is 0. The molecule has 1 aliphatic rings. The van der Waals surface area contributed by atoms with Crippen LogP contribution in [0.3, 0.4) is 0 Å². The molecule has 2 aromatic rings. The van der Waals surface area contributed by atoms with Crippen LogP contribution in [0.4, 0.5) is 10.5 Å². The van der Waals surface area contributed by atoms with Crippen LogP contribution in [0.15, 0.2) is 47.8 Å². The number of piperazine rings is 1. The molecule has 24 heavy (non-hydrogen) atoms. The van der Waals surface area contributed by atoms with Crippen molar-refractivity contribution in [1.29, 1.82) is 0 Å². The number of urea groups is 1. The first kappa shape index (κ1) is 16.8. The van der Waals surface area contributed by atoms with E-state index in [9.17, 15) is 4.79 Å². The number of thiophene rings is 1. The summed E-state index contributed by atoms with van der Waals surface area (Å²) in [5, 5.41) is 7.84. The van der Waals surface area contributed by atoms with Gasteiger partial charge in [0, 0.05) is 49.8 Å². The summed E-state index contributed by atoms with van der Waals surface area (Å²) in [5.41, 5.74) is 1.29. The third kappa shape index (κ3) is 4.97. The minimum Gasteiger partial charge on any atom is -0.369 e. The van der Waals surface area contributed by atoms with E-state index in [1.54, 1.807) is 11.3 Å². The second-order valence-corrected chi connectivity index (χ2v) is 6.89. The predicted octanol–water partition coefficient (Wildman–Crippen LogP) is 2.37. The Bertz CT molecular complexity index is 609. The smallest absolute Gasteiger partial charge is 0.315 e. The van der Waals surface area contributed by atoms with Gasteiger partial charge in [-0.05, 0) is 23.6 Å². The number of benzene rings is 1. The van der Waals surface area contributed by atoms with E-state index in [0.29, 0.717) is 13.1 Å². The molecule has 0 aliphatic carbocycles. The van der Waals surface area contributed by atoms with E-state index in [1.165, 1.54) is 10.6 Å². The van der Waals surface area contributed by atoms with Crippen LogP contribution in [0.5, 0.6) is 0 Å². The number of rotatable bonds is 6. The SMILES string of the molecule is O=C(NCCN1CCN(c2ccccc2)CC1)NCc1cccs1. The van der Waals surface area contributed by atoms with Crippen LogP contribution in [0.2, 0.25) is 0 Å². The number of amides is 2. The van der Waals surface area contributed by atoms with Gasteiger partial charge < -0.3 is 15.5 Å². The van der Waals surface area contributed by atoms with Crippen molar-refractivity contribution in [2.24, 2.45) is 0 Å². The van der Waals surface area contributed by atoms with E-state index in [0.717, 1.165) is 32.7 Å². The normalized spacial score (nSPS) is 15.2. The number of carbonyl (C=O) groups is 1. The predicted molar refractivity (Wildman–Crippen MR) is 99.7 cm³/mol. The Morgan fingerprint density at radius 1 is 1.00 bits per heavy atom. The molecule has 0 radical (unpaired) electrons. The standard InChI is InChI=1S/C18H24N4OS/c23-18(20-15-17-7-4-14-24-17)19-8-9-21-10-12-22(13-11-21)16-5-2-1-3-6-16/h1-7,14H,8-13,15H2,(H2,19,20,23). The van der Waals surface area contributed by atoms with E-state index in [-0.39, 0.29) is 6.03 Å². The van der Waals surface area contributed by atoms with Gasteiger partial charge in [-0.25, -0.2) is 4.79 Å². The molecule has 2 N–H and O–H groups in total. The highest BCUT2D eigenvalue weighted by Gasteiger charge is 2.16. The molecule has 0 unspecified atom stereocenters. The lowest BCUT2D eigenvalue weighted by molar-refractivity contribution is 0.232. The summed E-state index contributed by atoms with van der Waals surface area (Å²) >= 11 is 1.65. The largest absolute Gasteiger partial charge is 0.369 e. The summed E-state index contributed by atoms with van der Waals surface area (Å²) in [4.78, 5) is 17.8. The summed E-state index contributed by atoms with van der Waals surface area (Å²) in [6.07, 6.45) is 0. The Hall–Kier alpha value is -2.05. The van der Waals surface area contributed by atoms with E-state index in [2.05, 4.69) is 50.8 Å². The maximum atomic E-state index is 11.8. The maximum absolute atomic E-state index is 11.8. The molecule has 1 aromatic heterocycles. The fraction of sp³-hybridized carbons (Fsp3) is 0.389. The van der Waals surface area contributed by atoms with Crippen LogP contribution in [0.1, 0.15) is 4.88 Å². The Morgan fingerprint density at radius 2 is 1.79 bits per heavy atom. The van der Waals surface area contributed by atoms with Gasteiger partial charge in [0.05, 0.1) is 6.54 Å². The summed E-state index contributed by atoms with van der Waals surface area (Å²) in [7, 11) is 0. The van der Waals surface area contributed by atoms with Gasteiger partial charge >= 0.3 is 6.03 Å². The van der Waals surface area contributed by atoms with E-state index in [4.69, 9.17) is 0 Å². The number of para-hydroxylation sites is 1. The van der Waals surface area contributed by atoms with Crippen molar-refractivity contribution in [1.82, 2.24) is 15.5 Å². The number of nitrogens with zero attached hydrogens (tertiary/aromatic N) is 2. The monoisotopic (exact) mass is 344 g/mol. The molecular formula is C18H24N4OS. The van der Waals surface area contributed by atoms with Crippen LogP contribution in [-0.4, -0.2) is 50.2 Å². The zero-order valence-electron chi connectivity index (χ0n) is 13.8. The number of nitrogens with one attached hydrogen (secondary N) is 2. The first-order chi connectivity index (χ1) is 11.8. The number of hydrogen-bond donors (Lipinski definition) is 2. The Kier molecular flexibility index (Phi) is 6.09. The third-order valence-corrected chi connectivity index (χ3v) is 5.09. The Labute approximate surface area is 147 Å². The highest BCUT2D eigenvalue weighted by molar-refractivity contribution is 7.09. The van der Waals surface area contributed by atoms with Gasteiger partial charge in [0.1, 0.15) is 0 Å². The van der Waals surface area contributed by atoms with Gasteiger partial charge in [-0.2, -0.15) is 0 Å². The van der Waals surface area contributed by atoms with E-state index >= 15 is 0 Å². The minimum atomic E-state index is -0.0914. The first-order valence-corrected chi connectivity index (χ1v) is 9.26. The van der Waals surface area contributed by atoms with Crippen molar-refractivity contribution in [2.75, 3.05) is 44.2 Å². The highest BCUT2D eigenvalue weighted by Crippen LogP contribution is 2.15. The zero-order chi connectivity index (χ0) is 16.6. The first-order valence-electron chi connectivity index (χ1n) is 8.38. The van der Waals surface area contributed by atoms with Gasteiger partial charge in [0.2, 0.25) is 0 Å². The molecule has 5 nitrogen and oxygen atoms in total. The van der Waals surface area contributed by atoms with Crippen LogP contribution >= 0.6 is 11.3 Å². The average molecular weight is 344 g/mol. The van der Waals surface area contributed by atoms with Crippen molar-refractivity contribution < 1.29 is 4.79 Å². The van der Waals surface area contributed by atoms with Crippen molar-refractivity contribution in [3.8, 4) is 0 Å². The molecule has 1 fully saturated rings. The lowest BCUT2D eigenvalue weighted by Gasteiger charge is -2.36. The van der Waals surface area contributed by atoms with Crippen LogP contribution in [0.25, 0.3) is 0 Å². The molecular weight excluding hydrogens is 320 g/mol. The summed E-state index contributed by atoms with van der Waals surface area (Å²) in [6.45, 7) is 6.32. The topological polar surface area (TPSA) is 47.6 Å². The quantitative estimate of drug-likeness (QED) is 0.846. The maximum Gasteiger partial charge on any atom is 0.315 e. The van der Waals surface area contributed by atoms with Crippen molar-refractivity contribution in [2.45, 2.75) is 6.54 Å². The third-order valence-electron chi connectivity index (χ3n) is 4.21. The molecule has 2 amide bonds. The van der Waals surface area contributed by atoms with Gasteiger partial charge in [-0.3, -0.25) is 4.90 Å². The number of anilines is 1. The molecule has 0 bridgehead atoms. The van der Waals surface area contributed by atoms with Crippen molar-refractivity contribution in [3.05, 3.63) is 52.7 Å². The molecule has 1 aliphatic heterocycles. The highest BCUT2D eigenvalue weighted by atomic mass is 32.1. The van der Waals surface area contributed by atoms with Crippen LogP contribution in [0, 0.1) is 0 Å². The van der Waals surface area contributed by atoms with Crippen molar-refractivity contribution >= 4 is 23.1 Å². The van der Waals surface area contributed by atoms with Crippen LogP contribution in [-0.2, 0) is 6.54 Å². The van der Waals surface area contributed by atoms with Crippen LogP contribution < -0.4 is 15.5 Å². The molecule has 1 saturated heterocycles. The molecule has 128 valence electrons. The van der Waals surface area contributed by atoms with E-state index < -0.39 is 0 Å². The fourth-order valence-corrected chi connectivity index (χ4v) is 3.48.